The minimum atomic E-state index is -0.982. The SMILES string of the molecule is COCC(CCO)Nc1cc(Br)cc(C(=O)O)c1. The first kappa shape index (κ1) is 14.9. The van der Waals surface area contributed by atoms with Crippen molar-refractivity contribution in [1.82, 2.24) is 0 Å². The number of aromatic carboxylic acids is 1. The van der Waals surface area contributed by atoms with Crippen molar-refractivity contribution in [1.29, 1.82) is 0 Å². The van der Waals surface area contributed by atoms with Gasteiger partial charge in [-0.05, 0) is 24.6 Å². The normalized spacial score (nSPS) is 12.2. The third-order valence-corrected chi connectivity index (χ3v) is 2.82. The van der Waals surface area contributed by atoms with Gasteiger partial charge in [0.25, 0.3) is 0 Å². The molecule has 0 spiro atoms. The number of ether oxygens (including phenoxy) is 1. The summed E-state index contributed by atoms with van der Waals surface area (Å²) >= 11 is 3.27. The Morgan fingerprint density at radius 3 is 2.78 bits per heavy atom. The lowest BCUT2D eigenvalue weighted by molar-refractivity contribution is 0.0697. The van der Waals surface area contributed by atoms with Gasteiger partial charge in [-0.2, -0.15) is 0 Å². The molecule has 0 bridgehead atoms. The van der Waals surface area contributed by atoms with E-state index in [1.165, 1.54) is 6.07 Å². The summed E-state index contributed by atoms with van der Waals surface area (Å²) in [4.78, 5) is 10.9. The Balaban J connectivity index is 2.84. The largest absolute Gasteiger partial charge is 0.478 e. The van der Waals surface area contributed by atoms with E-state index in [2.05, 4.69) is 21.2 Å². The molecule has 0 saturated carbocycles. The zero-order chi connectivity index (χ0) is 13.5. The number of carbonyl (C=O) groups is 1. The molecule has 0 heterocycles. The standard InChI is InChI=1S/C12H16BrNO4/c1-18-7-10(2-3-15)14-11-5-8(12(16)17)4-9(13)6-11/h4-6,10,14-15H,2-3,7H2,1H3,(H,16,17). The highest BCUT2D eigenvalue weighted by Gasteiger charge is 2.10. The first-order valence-electron chi connectivity index (χ1n) is 5.47. The molecule has 0 aliphatic heterocycles. The third-order valence-electron chi connectivity index (χ3n) is 2.36. The predicted molar refractivity (Wildman–Crippen MR) is 72.1 cm³/mol. The minimum Gasteiger partial charge on any atom is -0.478 e. The molecule has 0 aliphatic rings. The number of nitrogens with one attached hydrogen (secondary N) is 1. The summed E-state index contributed by atoms with van der Waals surface area (Å²) in [6, 6.07) is 4.81. The first-order chi connectivity index (χ1) is 8.56. The van der Waals surface area contributed by atoms with Gasteiger partial charge in [-0.25, -0.2) is 4.79 Å². The van der Waals surface area contributed by atoms with Gasteiger partial charge in [-0.1, -0.05) is 15.9 Å². The molecule has 5 nitrogen and oxygen atoms in total. The van der Waals surface area contributed by atoms with Crippen LogP contribution in [0.1, 0.15) is 16.8 Å². The quantitative estimate of drug-likeness (QED) is 0.716. The molecule has 0 amide bonds. The predicted octanol–water partition coefficient (Wildman–Crippen LogP) is 1.96. The van der Waals surface area contributed by atoms with Crippen LogP contribution in [0.15, 0.2) is 22.7 Å². The van der Waals surface area contributed by atoms with Crippen molar-refractivity contribution in [3.63, 3.8) is 0 Å². The van der Waals surface area contributed by atoms with Crippen molar-refractivity contribution in [3.8, 4) is 0 Å². The number of rotatable bonds is 7. The molecule has 1 atom stereocenters. The minimum absolute atomic E-state index is 0.0425. The maximum Gasteiger partial charge on any atom is 0.335 e. The maximum absolute atomic E-state index is 10.9. The summed E-state index contributed by atoms with van der Waals surface area (Å²) in [5.41, 5.74) is 0.879. The van der Waals surface area contributed by atoms with Crippen molar-refractivity contribution in [3.05, 3.63) is 28.2 Å². The third kappa shape index (κ3) is 4.64. The number of methoxy groups -OCH3 is 1. The summed E-state index contributed by atoms with van der Waals surface area (Å²) < 4.78 is 5.72. The number of aliphatic hydroxyl groups is 1. The molecule has 18 heavy (non-hydrogen) atoms. The average molecular weight is 318 g/mol. The van der Waals surface area contributed by atoms with Gasteiger partial charge in [0, 0.05) is 23.9 Å². The highest BCUT2D eigenvalue weighted by molar-refractivity contribution is 9.10. The van der Waals surface area contributed by atoms with E-state index in [9.17, 15) is 4.79 Å². The van der Waals surface area contributed by atoms with Crippen molar-refractivity contribution in [2.45, 2.75) is 12.5 Å². The molecule has 1 unspecified atom stereocenters. The molecule has 1 rings (SSSR count). The highest BCUT2D eigenvalue weighted by Crippen LogP contribution is 2.20. The van der Waals surface area contributed by atoms with E-state index in [0.29, 0.717) is 23.2 Å². The number of aliphatic hydroxyl groups excluding tert-OH is 1. The number of anilines is 1. The fourth-order valence-electron chi connectivity index (χ4n) is 1.59. The van der Waals surface area contributed by atoms with Gasteiger partial charge < -0.3 is 20.3 Å². The maximum atomic E-state index is 10.9. The van der Waals surface area contributed by atoms with Crippen LogP contribution in [0.25, 0.3) is 0 Å². The van der Waals surface area contributed by atoms with Crippen LogP contribution in [0.5, 0.6) is 0 Å². The van der Waals surface area contributed by atoms with Crippen molar-refractivity contribution in [2.24, 2.45) is 0 Å². The molecule has 3 N–H and O–H groups in total. The second kappa shape index (κ2) is 7.35. The van der Waals surface area contributed by atoms with Crippen molar-refractivity contribution in [2.75, 3.05) is 25.6 Å². The molecule has 1 aromatic rings. The second-order valence-corrected chi connectivity index (χ2v) is 4.76. The lowest BCUT2D eigenvalue weighted by atomic mass is 10.1. The van der Waals surface area contributed by atoms with E-state index >= 15 is 0 Å². The zero-order valence-corrected chi connectivity index (χ0v) is 11.6. The van der Waals surface area contributed by atoms with E-state index in [1.54, 1.807) is 19.2 Å². The van der Waals surface area contributed by atoms with Gasteiger partial charge in [-0.15, -0.1) is 0 Å². The molecular formula is C12H16BrNO4. The van der Waals surface area contributed by atoms with Crippen LogP contribution in [0, 0.1) is 0 Å². The molecule has 0 saturated heterocycles. The van der Waals surface area contributed by atoms with Gasteiger partial charge in [0.05, 0.1) is 18.2 Å². The van der Waals surface area contributed by atoms with Crippen LogP contribution in [0.4, 0.5) is 5.69 Å². The Bertz CT molecular complexity index is 405. The number of hydrogen-bond donors (Lipinski definition) is 3. The van der Waals surface area contributed by atoms with E-state index in [-0.39, 0.29) is 18.2 Å². The number of carboxylic acid groups (broad SMARTS) is 1. The van der Waals surface area contributed by atoms with E-state index in [4.69, 9.17) is 14.9 Å². The Morgan fingerprint density at radius 2 is 2.22 bits per heavy atom. The van der Waals surface area contributed by atoms with Gasteiger partial charge >= 0.3 is 5.97 Å². The molecule has 1 aromatic carbocycles. The van der Waals surface area contributed by atoms with Gasteiger partial charge in [0.15, 0.2) is 0 Å². The second-order valence-electron chi connectivity index (χ2n) is 3.84. The Kier molecular flexibility index (Phi) is 6.11. The van der Waals surface area contributed by atoms with Crippen molar-refractivity contribution >= 4 is 27.6 Å². The molecule has 0 aliphatic carbocycles. The van der Waals surface area contributed by atoms with Crippen LogP contribution in [-0.2, 0) is 4.74 Å². The number of carboxylic acids is 1. The molecule has 0 fully saturated rings. The number of benzene rings is 1. The van der Waals surface area contributed by atoms with E-state index in [0.717, 1.165) is 0 Å². The van der Waals surface area contributed by atoms with Crippen molar-refractivity contribution < 1.29 is 19.7 Å². The highest BCUT2D eigenvalue weighted by atomic mass is 79.9. The molecule has 0 radical (unpaired) electrons. The van der Waals surface area contributed by atoms with Gasteiger partial charge in [0.1, 0.15) is 0 Å². The Hall–Kier alpha value is -1.11. The summed E-state index contributed by atoms with van der Waals surface area (Å²) in [6.07, 6.45) is 0.531. The summed E-state index contributed by atoms with van der Waals surface area (Å²) in [7, 11) is 1.58. The zero-order valence-electron chi connectivity index (χ0n) is 10.0. The summed E-state index contributed by atoms with van der Waals surface area (Å²) in [5.74, 6) is -0.982. The fourth-order valence-corrected chi connectivity index (χ4v) is 2.08. The Labute approximate surface area is 114 Å². The van der Waals surface area contributed by atoms with Crippen LogP contribution >= 0.6 is 15.9 Å². The lowest BCUT2D eigenvalue weighted by Crippen LogP contribution is -2.26. The smallest absolute Gasteiger partial charge is 0.335 e. The van der Waals surface area contributed by atoms with Crippen LogP contribution in [-0.4, -0.2) is 42.5 Å². The average Bonchev–Trinajstić information content (AvgIpc) is 2.28. The molecule has 0 aromatic heterocycles. The van der Waals surface area contributed by atoms with Crippen LogP contribution in [0.3, 0.4) is 0 Å². The fraction of sp³-hybridized carbons (Fsp3) is 0.417. The molecule has 6 heteroatoms. The topological polar surface area (TPSA) is 78.8 Å². The Morgan fingerprint density at radius 1 is 1.50 bits per heavy atom. The first-order valence-corrected chi connectivity index (χ1v) is 6.26. The monoisotopic (exact) mass is 317 g/mol. The summed E-state index contributed by atoms with van der Waals surface area (Å²) in [5, 5.41) is 21.0. The lowest BCUT2D eigenvalue weighted by Gasteiger charge is -2.18. The van der Waals surface area contributed by atoms with E-state index < -0.39 is 5.97 Å². The molecular weight excluding hydrogens is 302 g/mol. The molecule has 100 valence electrons. The number of hydrogen-bond acceptors (Lipinski definition) is 4. The van der Waals surface area contributed by atoms with Crippen LogP contribution in [0.2, 0.25) is 0 Å². The number of halogens is 1. The van der Waals surface area contributed by atoms with Crippen LogP contribution < -0.4 is 5.32 Å². The van der Waals surface area contributed by atoms with E-state index in [1.807, 2.05) is 0 Å². The van der Waals surface area contributed by atoms with Gasteiger partial charge in [-0.3, -0.25) is 0 Å². The summed E-state index contributed by atoms with van der Waals surface area (Å²) in [6.45, 7) is 0.482. The van der Waals surface area contributed by atoms with Gasteiger partial charge in [0.2, 0.25) is 0 Å².